The van der Waals surface area contributed by atoms with Crippen molar-refractivity contribution < 1.29 is 23.9 Å². The molecule has 3 atom stereocenters. The van der Waals surface area contributed by atoms with Crippen LogP contribution in [0.15, 0.2) is 60.7 Å². The molecule has 0 aliphatic heterocycles. The quantitative estimate of drug-likeness (QED) is 0.336. The number of hydrogen-bond donors (Lipinski definition) is 3. The van der Waals surface area contributed by atoms with E-state index in [-0.39, 0.29) is 24.9 Å². The number of ether oxygens (including phenoxy) is 1. The van der Waals surface area contributed by atoms with Gasteiger partial charge in [0.05, 0.1) is 6.04 Å². The second kappa shape index (κ2) is 15.4. The first kappa shape index (κ1) is 29.5. The van der Waals surface area contributed by atoms with Gasteiger partial charge in [0.2, 0.25) is 11.8 Å². The lowest BCUT2D eigenvalue weighted by Gasteiger charge is -2.25. The van der Waals surface area contributed by atoms with Gasteiger partial charge in [-0.25, -0.2) is 4.79 Å². The third-order valence-electron chi connectivity index (χ3n) is 5.66. The maximum Gasteiger partial charge on any atom is 0.408 e. The van der Waals surface area contributed by atoms with E-state index < -0.39 is 36.0 Å². The van der Waals surface area contributed by atoms with Crippen LogP contribution < -0.4 is 16.0 Å². The van der Waals surface area contributed by atoms with E-state index in [0.717, 1.165) is 11.1 Å². The number of carbonyl (C=O) groups is 4. The number of nitrogens with one attached hydrogen (secondary N) is 3. The molecular formula is C29H39N3O5. The van der Waals surface area contributed by atoms with E-state index in [1.165, 1.54) is 0 Å². The maximum atomic E-state index is 13.4. The molecule has 0 aliphatic carbocycles. The van der Waals surface area contributed by atoms with Gasteiger partial charge >= 0.3 is 6.09 Å². The Hall–Kier alpha value is -3.68. The molecule has 37 heavy (non-hydrogen) atoms. The Balaban J connectivity index is 2.13. The van der Waals surface area contributed by atoms with Crippen LogP contribution in [-0.4, -0.2) is 42.3 Å². The van der Waals surface area contributed by atoms with Crippen molar-refractivity contribution in [3.63, 3.8) is 0 Å². The SMILES string of the molecule is CC(C)C[C@H](C=O)NC(=O)[C@@H](CC(C)C)NC(=O)[C@H](Cc1ccccc1)NC(=O)OCc1ccccc1. The monoisotopic (exact) mass is 509 g/mol. The zero-order chi connectivity index (χ0) is 27.2. The molecule has 2 aromatic carbocycles. The summed E-state index contributed by atoms with van der Waals surface area (Å²) >= 11 is 0. The standard InChI is InChI=1S/C29H39N3O5/c1-20(2)15-24(18-33)30-27(34)25(16-21(3)4)31-28(35)26(17-22-11-7-5-8-12-22)32-29(36)37-19-23-13-9-6-10-14-23/h5-14,18,20-21,24-26H,15-17,19H2,1-4H3,(H,30,34)(H,31,35)(H,32,36)/t24-,25-,26+/m1/s1. The second-order valence-electron chi connectivity index (χ2n) is 10.0. The summed E-state index contributed by atoms with van der Waals surface area (Å²) in [6.07, 6.45) is 1.08. The van der Waals surface area contributed by atoms with E-state index >= 15 is 0 Å². The summed E-state index contributed by atoms with van der Waals surface area (Å²) in [6, 6.07) is 16.0. The van der Waals surface area contributed by atoms with Crippen molar-refractivity contribution in [1.29, 1.82) is 0 Å². The lowest BCUT2D eigenvalue weighted by Crippen LogP contribution is -2.56. The molecule has 0 aromatic heterocycles. The van der Waals surface area contributed by atoms with Crippen LogP contribution in [-0.2, 0) is 32.1 Å². The molecule has 0 radical (unpaired) electrons. The molecule has 0 saturated heterocycles. The predicted molar refractivity (Wildman–Crippen MR) is 143 cm³/mol. The first-order chi connectivity index (χ1) is 17.7. The Bertz CT molecular complexity index is 995. The van der Waals surface area contributed by atoms with Crippen molar-refractivity contribution in [3.8, 4) is 0 Å². The van der Waals surface area contributed by atoms with E-state index in [2.05, 4.69) is 16.0 Å². The van der Waals surface area contributed by atoms with Crippen molar-refractivity contribution in [3.05, 3.63) is 71.8 Å². The van der Waals surface area contributed by atoms with Crippen LogP contribution >= 0.6 is 0 Å². The highest BCUT2D eigenvalue weighted by Crippen LogP contribution is 2.10. The van der Waals surface area contributed by atoms with Crippen molar-refractivity contribution >= 4 is 24.2 Å². The molecule has 200 valence electrons. The van der Waals surface area contributed by atoms with Gasteiger partial charge in [0.15, 0.2) is 0 Å². The van der Waals surface area contributed by atoms with Crippen LogP contribution in [0.3, 0.4) is 0 Å². The van der Waals surface area contributed by atoms with Gasteiger partial charge in [-0.3, -0.25) is 9.59 Å². The third kappa shape index (κ3) is 11.3. The van der Waals surface area contributed by atoms with E-state index in [0.29, 0.717) is 19.1 Å². The topological polar surface area (TPSA) is 114 Å². The zero-order valence-corrected chi connectivity index (χ0v) is 22.1. The fourth-order valence-corrected chi connectivity index (χ4v) is 3.88. The average Bonchev–Trinajstić information content (AvgIpc) is 2.86. The van der Waals surface area contributed by atoms with Crippen molar-refractivity contribution in [2.45, 2.75) is 71.7 Å². The predicted octanol–water partition coefficient (Wildman–Crippen LogP) is 3.78. The van der Waals surface area contributed by atoms with Gasteiger partial charge in [0.1, 0.15) is 25.0 Å². The Labute approximate surface area is 219 Å². The van der Waals surface area contributed by atoms with Crippen LogP contribution in [0.4, 0.5) is 4.79 Å². The fourth-order valence-electron chi connectivity index (χ4n) is 3.88. The molecule has 0 fully saturated rings. The molecule has 0 heterocycles. The Morgan fingerprint density at radius 1 is 0.730 bits per heavy atom. The Morgan fingerprint density at radius 3 is 1.81 bits per heavy atom. The highest BCUT2D eigenvalue weighted by molar-refractivity contribution is 5.92. The first-order valence-corrected chi connectivity index (χ1v) is 12.7. The molecule has 0 bridgehead atoms. The summed E-state index contributed by atoms with van der Waals surface area (Å²) in [4.78, 5) is 50.4. The number of hydrogen-bond acceptors (Lipinski definition) is 5. The summed E-state index contributed by atoms with van der Waals surface area (Å²) in [7, 11) is 0. The average molecular weight is 510 g/mol. The summed E-state index contributed by atoms with van der Waals surface area (Å²) in [6.45, 7) is 7.88. The van der Waals surface area contributed by atoms with Gasteiger partial charge in [-0.05, 0) is 35.8 Å². The van der Waals surface area contributed by atoms with Gasteiger partial charge in [-0.2, -0.15) is 0 Å². The van der Waals surface area contributed by atoms with Crippen LogP contribution in [0.2, 0.25) is 0 Å². The summed E-state index contributed by atoms with van der Waals surface area (Å²) < 4.78 is 5.32. The van der Waals surface area contributed by atoms with Crippen molar-refractivity contribution in [1.82, 2.24) is 16.0 Å². The molecule has 0 saturated carbocycles. The summed E-state index contributed by atoms with van der Waals surface area (Å²) in [5, 5.41) is 8.19. The van der Waals surface area contributed by atoms with Crippen LogP contribution in [0.25, 0.3) is 0 Å². The number of alkyl carbamates (subject to hydrolysis) is 1. The van der Waals surface area contributed by atoms with Crippen molar-refractivity contribution in [2.75, 3.05) is 0 Å². The largest absolute Gasteiger partial charge is 0.445 e. The van der Waals surface area contributed by atoms with Crippen LogP contribution in [0.5, 0.6) is 0 Å². The van der Waals surface area contributed by atoms with Gasteiger partial charge in [-0.1, -0.05) is 88.4 Å². The first-order valence-electron chi connectivity index (χ1n) is 12.7. The highest BCUT2D eigenvalue weighted by atomic mass is 16.5. The van der Waals surface area contributed by atoms with Gasteiger partial charge in [0.25, 0.3) is 0 Å². The minimum absolute atomic E-state index is 0.0632. The number of rotatable bonds is 14. The molecule has 0 unspecified atom stereocenters. The molecule has 3 amide bonds. The summed E-state index contributed by atoms with van der Waals surface area (Å²) in [5.74, 6) is -0.611. The number of amides is 3. The molecule has 3 N–H and O–H groups in total. The fraction of sp³-hybridized carbons (Fsp3) is 0.448. The lowest BCUT2D eigenvalue weighted by molar-refractivity contribution is -0.131. The minimum atomic E-state index is -0.967. The molecular weight excluding hydrogens is 470 g/mol. The maximum absolute atomic E-state index is 13.4. The second-order valence-corrected chi connectivity index (χ2v) is 10.0. The Morgan fingerprint density at radius 2 is 1.27 bits per heavy atom. The number of benzene rings is 2. The Kier molecular flexibility index (Phi) is 12.3. The molecule has 2 rings (SSSR count). The highest BCUT2D eigenvalue weighted by Gasteiger charge is 2.29. The van der Waals surface area contributed by atoms with Gasteiger partial charge in [-0.15, -0.1) is 0 Å². The lowest BCUT2D eigenvalue weighted by atomic mass is 10.00. The number of aldehydes is 1. The minimum Gasteiger partial charge on any atom is -0.445 e. The molecule has 8 heteroatoms. The van der Waals surface area contributed by atoms with Crippen LogP contribution in [0, 0.1) is 11.8 Å². The zero-order valence-electron chi connectivity index (χ0n) is 22.1. The third-order valence-corrected chi connectivity index (χ3v) is 5.66. The normalized spacial score (nSPS) is 13.4. The number of carbonyl (C=O) groups excluding carboxylic acids is 4. The summed E-state index contributed by atoms with van der Waals surface area (Å²) in [5.41, 5.74) is 1.66. The smallest absolute Gasteiger partial charge is 0.408 e. The molecule has 8 nitrogen and oxygen atoms in total. The van der Waals surface area contributed by atoms with Crippen LogP contribution in [0.1, 0.15) is 51.7 Å². The van der Waals surface area contributed by atoms with E-state index in [1.54, 1.807) is 0 Å². The van der Waals surface area contributed by atoms with E-state index in [4.69, 9.17) is 4.74 Å². The van der Waals surface area contributed by atoms with E-state index in [1.807, 2.05) is 88.4 Å². The molecule has 2 aromatic rings. The van der Waals surface area contributed by atoms with E-state index in [9.17, 15) is 19.2 Å². The molecule has 0 aliphatic rings. The van der Waals surface area contributed by atoms with Gasteiger partial charge in [0, 0.05) is 6.42 Å². The van der Waals surface area contributed by atoms with Gasteiger partial charge < -0.3 is 25.5 Å². The van der Waals surface area contributed by atoms with Crippen molar-refractivity contribution in [2.24, 2.45) is 11.8 Å². The molecule has 0 spiro atoms.